The summed E-state index contributed by atoms with van der Waals surface area (Å²) in [5.41, 5.74) is 0.594. The van der Waals surface area contributed by atoms with Crippen molar-refractivity contribution in [1.29, 1.82) is 0 Å². The van der Waals surface area contributed by atoms with Gasteiger partial charge in [-0.3, -0.25) is 4.90 Å². The van der Waals surface area contributed by atoms with Gasteiger partial charge < -0.3 is 0 Å². The van der Waals surface area contributed by atoms with Crippen LogP contribution in [0.25, 0.3) is 0 Å². The minimum Gasteiger partial charge on any atom is -0.298 e. The van der Waals surface area contributed by atoms with E-state index in [9.17, 15) is 12.8 Å². The van der Waals surface area contributed by atoms with Gasteiger partial charge in [-0.15, -0.1) is 0 Å². The van der Waals surface area contributed by atoms with Gasteiger partial charge in [0, 0.05) is 11.1 Å². The Bertz CT molecular complexity index is 788. The van der Waals surface area contributed by atoms with Crippen molar-refractivity contribution >= 4 is 27.3 Å². The zero-order chi connectivity index (χ0) is 16.4. The molecule has 0 aliphatic carbocycles. The van der Waals surface area contributed by atoms with Crippen LogP contribution < -0.4 is 4.90 Å². The van der Waals surface area contributed by atoms with Gasteiger partial charge in [0.25, 0.3) is 0 Å². The predicted molar refractivity (Wildman–Crippen MR) is 87.0 cm³/mol. The van der Waals surface area contributed by atoms with E-state index in [0.717, 1.165) is 4.90 Å². The summed E-state index contributed by atoms with van der Waals surface area (Å²) in [6.45, 7) is 1.78. The van der Waals surface area contributed by atoms with E-state index in [1.807, 2.05) is 0 Å². The summed E-state index contributed by atoms with van der Waals surface area (Å²) in [7, 11) is -3.53. The first-order chi connectivity index (χ1) is 11.0. The van der Waals surface area contributed by atoms with E-state index >= 15 is 0 Å². The number of quaternary nitrogens is 1. The van der Waals surface area contributed by atoms with E-state index in [4.69, 9.17) is 11.6 Å². The maximum atomic E-state index is 13.8. The molecule has 0 bridgehead atoms. The lowest BCUT2D eigenvalue weighted by Crippen LogP contribution is -3.10. The maximum Gasteiger partial charge on any atom is 0.243 e. The third-order valence-electron chi connectivity index (χ3n) is 4.03. The summed E-state index contributed by atoms with van der Waals surface area (Å²) in [4.78, 5) is 1.20. The molecule has 0 unspecified atom stereocenters. The van der Waals surface area contributed by atoms with Gasteiger partial charge in [0.15, 0.2) is 11.5 Å². The van der Waals surface area contributed by atoms with Crippen LogP contribution in [0.4, 0.5) is 10.1 Å². The van der Waals surface area contributed by atoms with Gasteiger partial charge in [-0.05, 0) is 30.3 Å². The molecule has 1 heterocycles. The zero-order valence-corrected chi connectivity index (χ0v) is 13.9. The lowest BCUT2D eigenvalue weighted by molar-refractivity contribution is -0.838. The summed E-state index contributed by atoms with van der Waals surface area (Å²) in [6, 6.07) is 12.8. The Labute approximate surface area is 140 Å². The van der Waals surface area contributed by atoms with Gasteiger partial charge in [-0.2, -0.15) is 4.31 Å². The molecular weight excluding hydrogens is 339 g/mol. The first-order valence-electron chi connectivity index (χ1n) is 7.34. The van der Waals surface area contributed by atoms with E-state index in [0.29, 0.717) is 36.9 Å². The molecule has 7 heteroatoms. The van der Waals surface area contributed by atoms with Crippen LogP contribution in [0.15, 0.2) is 53.4 Å². The van der Waals surface area contributed by atoms with Crippen molar-refractivity contribution in [2.75, 3.05) is 26.2 Å². The molecule has 0 saturated carbocycles. The number of para-hydroxylation sites is 1. The SMILES string of the molecule is O=S(=O)(c1ccc(Cl)cc1)N1CC[NH+](c2ccccc2F)CC1. The zero-order valence-electron chi connectivity index (χ0n) is 12.4. The lowest BCUT2D eigenvalue weighted by atomic mass is 10.2. The summed E-state index contributed by atoms with van der Waals surface area (Å²) in [6.07, 6.45) is 0. The van der Waals surface area contributed by atoms with Crippen LogP contribution in [0, 0.1) is 5.82 Å². The molecule has 23 heavy (non-hydrogen) atoms. The average Bonchev–Trinajstić information content (AvgIpc) is 2.56. The number of hydrogen-bond donors (Lipinski definition) is 1. The standard InChI is InChI=1S/C16H16ClFN2O2S/c17-13-5-7-14(8-6-13)23(21,22)20-11-9-19(10-12-20)16-4-2-1-3-15(16)18/h1-8H,9-12H2/p+1. The van der Waals surface area contributed by atoms with Crippen LogP contribution in [-0.2, 0) is 10.0 Å². The molecule has 0 atom stereocenters. The molecule has 1 aliphatic rings. The molecule has 0 amide bonds. The predicted octanol–water partition coefficient (Wildman–Crippen LogP) is 1.70. The number of nitrogens with zero attached hydrogens (tertiary/aromatic N) is 1. The highest BCUT2D eigenvalue weighted by atomic mass is 35.5. The van der Waals surface area contributed by atoms with E-state index in [2.05, 4.69) is 0 Å². The highest BCUT2D eigenvalue weighted by Gasteiger charge is 2.31. The summed E-state index contributed by atoms with van der Waals surface area (Å²) in [5, 5.41) is 0.498. The van der Waals surface area contributed by atoms with Gasteiger partial charge in [-0.25, -0.2) is 12.8 Å². The van der Waals surface area contributed by atoms with Crippen LogP contribution in [0.1, 0.15) is 0 Å². The van der Waals surface area contributed by atoms with E-state index in [1.165, 1.54) is 22.5 Å². The Morgan fingerprint density at radius 1 is 1.00 bits per heavy atom. The number of piperazine rings is 1. The second kappa shape index (κ2) is 6.57. The first kappa shape index (κ1) is 16.4. The molecule has 1 saturated heterocycles. The molecule has 3 rings (SSSR count). The fourth-order valence-corrected chi connectivity index (χ4v) is 4.34. The molecule has 1 aliphatic heterocycles. The lowest BCUT2D eigenvalue weighted by Gasteiger charge is -2.31. The van der Waals surface area contributed by atoms with Gasteiger partial charge in [0.1, 0.15) is 0 Å². The third-order valence-corrected chi connectivity index (χ3v) is 6.20. The van der Waals surface area contributed by atoms with E-state index < -0.39 is 10.0 Å². The molecule has 4 nitrogen and oxygen atoms in total. The van der Waals surface area contributed by atoms with Crippen molar-refractivity contribution in [3.8, 4) is 0 Å². The fraction of sp³-hybridized carbons (Fsp3) is 0.250. The van der Waals surface area contributed by atoms with Crippen molar-refractivity contribution < 1.29 is 17.7 Å². The van der Waals surface area contributed by atoms with Crippen molar-refractivity contribution in [2.45, 2.75) is 4.90 Å². The number of hydrogen-bond acceptors (Lipinski definition) is 2. The minimum absolute atomic E-state index is 0.233. The molecular formula is C16H17ClFN2O2S+. The summed E-state index contributed by atoms with van der Waals surface area (Å²) in [5.74, 6) is -0.253. The number of halogens is 2. The van der Waals surface area contributed by atoms with Gasteiger partial charge in [0.2, 0.25) is 10.0 Å². The second-order valence-electron chi connectivity index (χ2n) is 5.44. The topological polar surface area (TPSA) is 41.8 Å². The monoisotopic (exact) mass is 355 g/mol. The quantitative estimate of drug-likeness (QED) is 0.910. The van der Waals surface area contributed by atoms with Gasteiger partial charge in [0.05, 0.1) is 31.1 Å². The van der Waals surface area contributed by atoms with Crippen molar-refractivity contribution in [2.24, 2.45) is 0 Å². The summed E-state index contributed by atoms with van der Waals surface area (Å²) < 4.78 is 40.5. The Hall–Kier alpha value is -1.47. The highest BCUT2D eigenvalue weighted by Crippen LogP contribution is 2.19. The number of rotatable bonds is 3. The molecule has 1 N–H and O–H groups in total. The average molecular weight is 356 g/mol. The largest absolute Gasteiger partial charge is 0.298 e. The second-order valence-corrected chi connectivity index (χ2v) is 7.82. The number of benzene rings is 2. The Kier molecular flexibility index (Phi) is 4.68. The van der Waals surface area contributed by atoms with Crippen molar-refractivity contribution in [3.05, 3.63) is 59.4 Å². The van der Waals surface area contributed by atoms with Crippen LogP contribution in [0.3, 0.4) is 0 Å². The molecule has 0 radical (unpaired) electrons. The van der Waals surface area contributed by atoms with Crippen molar-refractivity contribution in [3.63, 3.8) is 0 Å². The van der Waals surface area contributed by atoms with Crippen LogP contribution in [-0.4, -0.2) is 38.9 Å². The van der Waals surface area contributed by atoms with E-state index in [1.54, 1.807) is 30.3 Å². The molecule has 2 aromatic carbocycles. The smallest absolute Gasteiger partial charge is 0.243 e. The molecule has 122 valence electrons. The first-order valence-corrected chi connectivity index (χ1v) is 9.15. The molecule has 0 spiro atoms. The van der Waals surface area contributed by atoms with Crippen LogP contribution in [0.2, 0.25) is 5.02 Å². The van der Waals surface area contributed by atoms with Crippen molar-refractivity contribution in [1.82, 2.24) is 4.31 Å². The molecule has 0 aromatic heterocycles. The van der Waals surface area contributed by atoms with Crippen LogP contribution >= 0.6 is 11.6 Å². The Morgan fingerprint density at radius 2 is 1.61 bits per heavy atom. The van der Waals surface area contributed by atoms with Gasteiger partial charge >= 0.3 is 0 Å². The third kappa shape index (κ3) is 3.40. The normalized spacial score (nSPS) is 17.3. The van der Waals surface area contributed by atoms with Gasteiger partial charge in [-0.1, -0.05) is 23.7 Å². The molecule has 2 aromatic rings. The summed E-state index contributed by atoms with van der Waals surface area (Å²) >= 11 is 5.80. The fourth-order valence-electron chi connectivity index (χ4n) is 2.77. The minimum atomic E-state index is -3.53. The highest BCUT2D eigenvalue weighted by molar-refractivity contribution is 7.89. The number of sulfonamides is 1. The van der Waals surface area contributed by atoms with Crippen LogP contribution in [0.5, 0.6) is 0 Å². The molecule has 1 fully saturated rings. The maximum absolute atomic E-state index is 13.8. The number of nitrogens with one attached hydrogen (secondary N) is 1. The van der Waals surface area contributed by atoms with E-state index in [-0.39, 0.29) is 10.7 Å². The Balaban J connectivity index is 1.74. The Morgan fingerprint density at radius 3 is 2.22 bits per heavy atom.